The van der Waals surface area contributed by atoms with Gasteiger partial charge in [-0.25, -0.2) is 15.0 Å². The van der Waals surface area contributed by atoms with Crippen LogP contribution in [-0.2, 0) is 11.8 Å². The maximum Gasteiger partial charge on any atom is 0.227 e. The minimum atomic E-state index is 0.376. The monoisotopic (exact) mass is 409 g/mol. The first-order valence-corrected chi connectivity index (χ1v) is 10.5. The van der Waals surface area contributed by atoms with Crippen molar-refractivity contribution >= 4 is 28.6 Å². The summed E-state index contributed by atoms with van der Waals surface area (Å²) in [4.78, 5) is 22.9. The summed E-state index contributed by atoms with van der Waals surface area (Å²) in [6.07, 6.45) is 5.73. The van der Waals surface area contributed by atoms with Crippen LogP contribution in [-0.4, -0.2) is 75.2 Å². The lowest BCUT2D eigenvalue weighted by molar-refractivity contribution is 0.122. The number of hydrogen-bond donors (Lipinski definition) is 1. The number of aryl methyl sites for hydroxylation is 2. The summed E-state index contributed by atoms with van der Waals surface area (Å²) in [5.41, 5.74) is 0.884. The second kappa shape index (κ2) is 8.02. The van der Waals surface area contributed by atoms with Gasteiger partial charge in [0, 0.05) is 45.5 Å². The van der Waals surface area contributed by atoms with Gasteiger partial charge in [0.05, 0.1) is 24.8 Å². The number of anilines is 3. The van der Waals surface area contributed by atoms with E-state index in [1.807, 2.05) is 37.1 Å². The summed E-state index contributed by atoms with van der Waals surface area (Å²) >= 11 is 0. The van der Waals surface area contributed by atoms with E-state index in [-0.39, 0.29) is 0 Å². The third kappa shape index (κ3) is 3.74. The van der Waals surface area contributed by atoms with Crippen LogP contribution in [0, 0.1) is 6.92 Å². The molecular formula is C20H27N9O. The standard InChI is InChI=1S/C20H27N9O/c1-14-23-18-16(13-22-27(18)2)19(24-14)28-7-4-15(5-8-28)25-17-3-6-21-20(26-17)29-9-11-30-12-10-29/h3,6,13,15H,4-5,7-12H2,1-2H3,(H,21,25,26). The first-order chi connectivity index (χ1) is 14.7. The average Bonchev–Trinajstić information content (AvgIpc) is 3.15. The highest BCUT2D eigenvalue weighted by Crippen LogP contribution is 2.27. The van der Waals surface area contributed by atoms with Crippen molar-refractivity contribution in [1.29, 1.82) is 0 Å². The molecule has 3 aromatic rings. The molecule has 2 saturated heterocycles. The first-order valence-electron chi connectivity index (χ1n) is 10.5. The van der Waals surface area contributed by atoms with Gasteiger partial charge in [-0.15, -0.1) is 0 Å². The number of fused-ring (bicyclic) bond motifs is 1. The van der Waals surface area contributed by atoms with E-state index < -0.39 is 0 Å². The topological polar surface area (TPSA) is 97.1 Å². The average molecular weight is 409 g/mol. The highest BCUT2D eigenvalue weighted by molar-refractivity contribution is 5.87. The number of rotatable bonds is 4. The third-order valence-electron chi connectivity index (χ3n) is 5.77. The number of piperidine rings is 1. The lowest BCUT2D eigenvalue weighted by atomic mass is 10.0. The Bertz CT molecular complexity index is 1020. The molecule has 2 aliphatic heterocycles. The maximum absolute atomic E-state index is 5.42. The van der Waals surface area contributed by atoms with Crippen molar-refractivity contribution in [1.82, 2.24) is 29.7 Å². The smallest absolute Gasteiger partial charge is 0.227 e. The van der Waals surface area contributed by atoms with Crippen LogP contribution in [0.2, 0.25) is 0 Å². The summed E-state index contributed by atoms with van der Waals surface area (Å²) in [5, 5.41) is 8.97. The Labute approximate surface area is 175 Å². The Hall–Kier alpha value is -3.01. The van der Waals surface area contributed by atoms with E-state index in [9.17, 15) is 0 Å². The van der Waals surface area contributed by atoms with Crippen LogP contribution in [0.1, 0.15) is 18.7 Å². The number of aromatic nitrogens is 6. The zero-order valence-corrected chi connectivity index (χ0v) is 17.5. The molecule has 158 valence electrons. The summed E-state index contributed by atoms with van der Waals surface area (Å²) < 4.78 is 7.23. The number of hydrogen-bond acceptors (Lipinski definition) is 9. The van der Waals surface area contributed by atoms with Gasteiger partial charge in [-0.3, -0.25) is 4.68 Å². The van der Waals surface area contributed by atoms with E-state index in [1.165, 1.54) is 0 Å². The van der Waals surface area contributed by atoms with Crippen LogP contribution >= 0.6 is 0 Å². The number of morpholine rings is 1. The van der Waals surface area contributed by atoms with Crippen molar-refractivity contribution in [2.45, 2.75) is 25.8 Å². The van der Waals surface area contributed by atoms with Crippen LogP contribution in [0.5, 0.6) is 0 Å². The van der Waals surface area contributed by atoms with Crippen molar-refractivity contribution in [2.75, 3.05) is 54.5 Å². The first kappa shape index (κ1) is 19.0. The molecule has 10 heteroatoms. The van der Waals surface area contributed by atoms with Crippen molar-refractivity contribution < 1.29 is 4.74 Å². The highest BCUT2D eigenvalue weighted by atomic mass is 16.5. The minimum absolute atomic E-state index is 0.376. The fourth-order valence-corrected chi connectivity index (χ4v) is 4.14. The lowest BCUT2D eigenvalue weighted by Gasteiger charge is -2.34. The van der Waals surface area contributed by atoms with Gasteiger partial charge in [0.2, 0.25) is 5.95 Å². The van der Waals surface area contributed by atoms with Crippen LogP contribution < -0.4 is 15.1 Å². The van der Waals surface area contributed by atoms with Crippen molar-refractivity contribution in [3.63, 3.8) is 0 Å². The lowest BCUT2D eigenvalue weighted by Crippen LogP contribution is -2.40. The summed E-state index contributed by atoms with van der Waals surface area (Å²) in [6.45, 7) is 6.93. The zero-order chi connectivity index (χ0) is 20.5. The SMILES string of the molecule is Cc1nc(N2CCC(Nc3ccnc(N4CCOCC4)n3)CC2)c2cnn(C)c2n1. The van der Waals surface area contributed by atoms with Gasteiger partial charge in [0.1, 0.15) is 17.5 Å². The van der Waals surface area contributed by atoms with E-state index in [0.29, 0.717) is 6.04 Å². The molecule has 10 nitrogen and oxygen atoms in total. The van der Waals surface area contributed by atoms with Crippen LogP contribution in [0.4, 0.5) is 17.6 Å². The Kier molecular flexibility index (Phi) is 5.07. The van der Waals surface area contributed by atoms with Gasteiger partial charge in [-0.2, -0.15) is 10.1 Å². The molecule has 3 aromatic heterocycles. The normalized spacial score (nSPS) is 18.2. The van der Waals surface area contributed by atoms with Crippen molar-refractivity contribution in [2.24, 2.45) is 7.05 Å². The molecule has 0 aromatic carbocycles. The molecule has 0 radical (unpaired) electrons. The molecule has 0 amide bonds. The zero-order valence-electron chi connectivity index (χ0n) is 17.5. The molecule has 30 heavy (non-hydrogen) atoms. The molecule has 5 rings (SSSR count). The van der Waals surface area contributed by atoms with Gasteiger partial charge in [-0.05, 0) is 25.8 Å². The van der Waals surface area contributed by atoms with Gasteiger partial charge < -0.3 is 19.9 Å². The number of ether oxygens (including phenoxy) is 1. The predicted octanol–water partition coefficient (Wildman–Crippen LogP) is 1.38. The summed E-state index contributed by atoms with van der Waals surface area (Å²) in [5.74, 6) is 3.42. The van der Waals surface area contributed by atoms with Gasteiger partial charge in [0.15, 0.2) is 5.65 Å². The summed E-state index contributed by atoms with van der Waals surface area (Å²) in [7, 11) is 1.92. The van der Waals surface area contributed by atoms with Crippen LogP contribution in [0.25, 0.3) is 11.0 Å². The molecule has 0 saturated carbocycles. The molecule has 0 spiro atoms. The predicted molar refractivity (Wildman–Crippen MR) is 115 cm³/mol. The third-order valence-corrected chi connectivity index (χ3v) is 5.77. The molecule has 0 aliphatic carbocycles. The molecule has 1 N–H and O–H groups in total. The second-order valence-corrected chi connectivity index (χ2v) is 7.85. The maximum atomic E-state index is 5.42. The van der Waals surface area contributed by atoms with Gasteiger partial charge >= 0.3 is 0 Å². The Morgan fingerprint density at radius 3 is 2.63 bits per heavy atom. The van der Waals surface area contributed by atoms with Crippen LogP contribution in [0.15, 0.2) is 18.5 Å². The highest BCUT2D eigenvalue weighted by Gasteiger charge is 2.23. The van der Waals surface area contributed by atoms with Crippen molar-refractivity contribution in [3.05, 3.63) is 24.3 Å². The Balaban J connectivity index is 1.25. The Morgan fingerprint density at radius 2 is 1.83 bits per heavy atom. The fourth-order valence-electron chi connectivity index (χ4n) is 4.14. The van der Waals surface area contributed by atoms with E-state index in [0.717, 1.165) is 86.7 Å². The van der Waals surface area contributed by atoms with Gasteiger partial charge in [0.25, 0.3) is 0 Å². The molecular weight excluding hydrogens is 382 g/mol. The molecule has 0 unspecified atom stereocenters. The second-order valence-electron chi connectivity index (χ2n) is 7.85. The van der Waals surface area contributed by atoms with Crippen molar-refractivity contribution in [3.8, 4) is 0 Å². The fraction of sp³-hybridized carbons (Fsp3) is 0.550. The van der Waals surface area contributed by atoms with E-state index in [4.69, 9.17) is 14.7 Å². The van der Waals surface area contributed by atoms with E-state index >= 15 is 0 Å². The van der Waals surface area contributed by atoms with E-state index in [2.05, 4.69) is 30.2 Å². The largest absolute Gasteiger partial charge is 0.378 e. The molecule has 0 atom stereocenters. The quantitative estimate of drug-likeness (QED) is 0.685. The molecule has 2 aliphatic rings. The number of nitrogens with one attached hydrogen (secondary N) is 1. The van der Waals surface area contributed by atoms with E-state index in [1.54, 1.807) is 0 Å². The summed E-state index contributed by atoms with van der Waals surface area (Å²) in [6, 6.07) is 2.32. The van der Waals surface area contributed by atoms with Gasteiger partial charge in [-0.1, -0.05) is 0 Å². The molecule has 0 bridgehead atoms. The number of nitrogens with zero attached hydrogens (tertiary/aromatic N) is 8. The Morgan fingerprint density at radius 1 is 1.03 bits per heavy atom. The molecule has 5 heterocycles. The minimum Gasteiger partial charge on any atom is -0.378 e. The molecule has 2 fully saturated rings. The van der Waals surface area contributed by atoms with Crippen LogP contribution in [0.3, 0.4) is 0 Å².